The van der Waals surface area contributed by atoms with E-state index in [9.17, 15) is 4.79 Å². The first-order valence-corrected chi connectivity index (χ1v) is 6.24. The Hall–Kier alpha value is -0.730. The van der Waals surface area contributed by atoms with Gasteiger partial charge in [-0.15, -0.1) is 0 Å². The first-order valence-electron chi connectivity index (χ1n) is 6.24. The van der Waals surface area contributed by atoms with E-state index in [1.54, 1.807) is 0 Å². The lowest BCUT2D eigenvalue weighted by molar-refractivity contribution is 0.0854. The first-order chi connectivity index (χ1) is 7.20. The third-order valence-electron chi connectivity index (χ3n) is 3.80. The molecule has 0 aromatic heterocycles. The van der Waals surface area contributed by atoms with Gasteiger partial charge >= 0.3 is 6.03 Å². The zero-order chi connectivity index (χ0) is 10.8. The van der Waals surface area contributed by atoms with Gasteiger partial charge in [0, 0.05) is 26.2 Å². The number of likely N-dealkylation sites (tertiary alicyclic amines) is 2. The highest BCUT2D eigenvalue weighted by Gasteiger charge is 2.31. The summed E-state index contributed by atoms with van der Waals surface area (Å²) < 4.78 is 0. The van der Waals surface area contributed by atoms with Gasteiger partial charge in [-0.05, 0) is 24.7 Å². The van der Waals surface area contributed by atoms with E-state index < -0.39 is 0 Å². The number of nitrogens with zero attached hydrogens (tertiary/aromatic N) is 2. The molecule has 0 bridgehead atoms. The van der Waals surface area contributed by atoms with Crippen molar-refractivity contribution in [1.29, 1.82) is 0 Å². The molecule has 2 aliphatic rings. The lowest BCUT2D eigenvalue weighted by Gasteiger charge is -2.42. The van der Waals surface area contributed by atoms with Crippen molar-refractivity contribution in [2.45, 2.75) is 33.1 Å². The van der Waals surface area contributed by atoms with Crippen LogP contribution in [0.1, 0.15) is 33.1 Å². The van der Waals surface area contributed by atoms with Crippen molar-refractivity contribution < 1.29 is 4.79 Å². The predicted octanol–water partition coefficient (Wildman–Crippen LogP) is 2.18. The van der Waals surface area contributed by atoms with E-state index in [-0.39, 0.29) is 6.03 Å². The largest absolute Gasteiger partial charge is 0.325 e. The van der Waals surface area contributed by atoms with Crippen molar-refractivity contribution >= 4 is 6.03 Å². The number of hydrogen-bond donors (Lipinski definition) is 0. The molecule has 0 aromatic carbocycles. The molecule has 0 N–H and O–H groups in total. The van der Waals surface area contributed by atoms with E-state index in [2.05, 4.69) is 13.8 Å². The van der Waals surface area contributed by atoms with Gasteiger partial charge < -0.3 is 9.80 Å². The maximum absolute atomic E-state index is 12.0. The van der Waals surface area contributed by atoms with Gasteiger partial charge in [-0.1, -0.05) is 20.3 Å². The molecule has 0 unspecified atom stereocenters. The van der Waals surface area contributed by atoms with Crippen molar-refractivity contribution in [1.82, 2.24) is 9.80 Å². The molecule has 0 radical (unpaired) electrons. The molecule has 2 heterocycles. The molecule has 15 heavy (non-hydrogen) atoms. The monoisotopic (exact) mass is 210 g/mol. The number of carbonyl (C=O) groups is 1. The standard InChI is InChI=1S/C12H22N2O/c1-3-11-4-6-13(7-5-11)12(15)14-8-10(2)9-14/h10-11H,3-9H2,1-2H3. The van der Waals surface area contributed by atoms with E-state index in [0.29, 0.717) is 5.92 Å². The molecular formula is C12H22N2O. The van der Waals surface area contributed by atoms with E-state index in [1.807, 2.05) is 9.80 Å². The molecule has 0 aliphatic carbocycles. The molecule has 2 aliphatic heterocycles. The van der Waals surface area contributed by atoms with Crippen molar-refractivity contribution in [3.8, 4) is 0 Å². The average molecular weight is 210 g/mol. The number of rotatable bonds is 1. The molecule has 86 valence electrons. The lowest BCUT2D eigenvalue weighted by atomic mass is 9.94. The number of piperidine rings is 1. The van der Waals surface area contributed by atoms with Gasteiger partial charge in [0.1, 0.15) is 0 Å². The molecule has 3 heteroatoms. The summed E-state index contributed by atoms with van der Waals surface area (Å²) >= 11 is 0. The molecule has 2 fully saturated rings. The van der Waals surface area contributed by atoms with Crippen molar-refractivity contribution in [3.63, 3.8) is 0 Å². The van der Waals surface area contributed by atoms with Gasteiger partial charge in [0.15, 0.2) is 0 Å². The van der Waals surface area contributed by atoms with Crippen molar-refractivity contribution in [3.05, 3.63) is 0 Å². The van der Waals surface area contributed by atoms with Crippen LogP contribution in [0, 0.1) is 11.8 Å². The smallest absolute Gasteiger partial charge is 0.320 e. The van der Waals surface area contributed by atoms with Gasteiger partial charge in [-0.2, -0.15) is 0 Å². The second-order valence-electron chi connectivity index (χ2n) is 5.13. The minimum atomic E-state index is 0.280. The van der Waals surface area contributed by atoms with Crippen LogP contribution in [0.5, 0.6) is 0 Å². The number of hydrogen-bond acceptors (Lipinski definition) is 1. The molecule has 0 spiro atoms. The Labute approximate surface area is 92.4 Å². The maximum Gasteiger partial charge on any atom is 0.320 e. The van der Waals surface area contributed by atoms with Crippen LogP contribution in [0.2, 0.25) is 0 Å². The Kier molecular flexibility index (Phi) is 3.17. The molecule has 0 saturated carbocycles. The highest BCUT2D eigenvalue weighted by molar-refractivity contribution is 5.75. The Balaban J connectivity index is 1.78. The summed E-state index contributed by atoms with van der Waals surface area (Å²) in [7, 11) is 0. The number of carbonyl (C=O) groups excluding carboxylic acids is 1. The zero-order valence-electron chi connectivity index (χ0n) is 9.91. The summed E-state index contributed by atoms with van der Waals surface area (Å²) in [5.74, 6) is 1.56. The van der Waals surface area contributed by atoms with Crippen molar-refractivity contribution in [2.24, 2.45) is 11.8 Å². The van der Waals surface area contributed by atoms with Gasteiger partial charge in [0.25, 0.3) is 0 Å². The van der Waals surface area contributed by atoms with Gasteiger partial charge in [-0.25, -0.2) is 4.79 Å². The molecule has 2 rings (SSSR count). The fourth-order valence-corrected chi connectivity index (χ4v) is 2.59. The SMILES string of the molecule is CCC1CCN(C(=O)N2CC(C)C2)CC1. The van der Waals surface area contributed by atoms with Crippen LogP contribution < -0.4 is 0 Å². The first kappa shape index (κ1) is 10.8. The Bertz CT molecular complexity index is 228. The predicted molar refractivity (Wildman–Crippen MR) is 60.7 cm³/mol. The van der Waals surface area contributed by atoms with Crippen LogP contribution >= 0.6 is 0 Å². The summed E-state index contributed by atoms with van der Waals surface area (Å²) in [5, 5.41) is 0. The molecular weight excluding hydrogens is 188 g/mol. The third kappa shape index (κ3) is 2.27. The fraction of sp³-hybridized carbons (Fsp3) is 0.917. The van der Waals surface area contributed by atoms with Crippen LogP contribution in [-0.4, -0.2) is 42.0 Å². The van der Waals surface area contributed by atoms with E-state index in [1.165, 1.54) is 19.3 Å². The Morgan fingerprint density at radius 2 is 1.80 bits per heavy atom. The normalized spacial score (nSPS) is 24.1. The van der Waals surface area contributed by atoms with Gasteiger partial charge in [0.05, 0.1) is 0 Å². The summed E-state index contributed by atoms with van der Waals surface area (Å²) in [6.07, 6.45) is 3.67. The zero-order valence-corrected chi connectivity index (χ0v) is 9.91. The summed E-state index contributed by atoms with van der Waals surface area (Å²) in [6, 6.07) is 0.280. The topological polar surface area (TPSA) is 23.6 Å². The maximum atomic E-state index is 12.0. The summed E-state index contributed by atoms with van der Waals surface area (Å²) in [4.78, 5) is 16.0. The average Bonchev–Trinajstić information content (AvgIpc) is 2.24. The summed E-state index contributed by atoms with van der Waals surface area (Å²) in [5.41, 5.74) is 0. The minimum absolute atomic E-state index is 0.280. The van der Waals surface area contributed by atoms with Crippen LogP contribution in [-0.2, 0) is 0 Å². The van der Waals surface area contributed by atoms with Crippen molar-refractivity contribution in [2.75, 3.05) is 26.2 Å². The van der Waals surface area contributed by atoms with E-state index in [0.717, 1.165) is 32.1 Å². The molecule has 2 saturated heterocycles. The lowest BCUT2D eigenvalue weighted by Crippen LogP contribution is -2.55. The number of urea groups is 1. The van der Waals surface area contributed by atoms with Crippen LogP contribution in [0.15, 0.2) is 0 Å². The van der Waals surface area contributed by atoms with Crippen LogP contribution in [0.4, 0.5) is 4.79 Å². The molecule has 3 nitrogen and oxygen atoms in total. The van der Waals surface area contributed by atoms with E-state index in [4.69, 9.17) is 0 Å². The fourth-order valence-electron chi connectivity index (χ4n) is 2.59. The molecule has 2 amide bonds. The van der Waals surface area contributed by atoms with Gasteiger partial charge in [-0.3, -0.25) is 0 Å². The minimum Gasteiger partial charge on any atom is -0.325 e. The second-order valence-corrected chi connectivity index (χ2v) is 5.13. The highest BCUT2D eigenvalue weighted by Crippen LogP contribution is 2.23. The second kappa shape index (κ2) is 4.42. The van der Waals surface area contributed by atoms with Crippen LogP contribution in [0.25, 0.3) is 0 Å². The number of amides is 2. The highest BCUT2D eigenvalue weighted by atomic mass is 16.2. The third-order valence-corrected chi connectivity index (χ3v) is 3.80. The summed E-state index contributed by atoms with van der Waals surface area (Å²) in [6.45, 7) is 8.33. The molecule has 0 aromatic rings. The van der Waals surface area contributed by atoms with Crippen LogP contribution in [0.3, 0.4) is 0 Å². The Morgan fingerprint density at radius 1 is 1.20 bits per heavy atom. The van der Waals surface area contributed by atoms with E-state index >= 15 is 0 Å². The quantitative estimate of drug-likeness (QED) is 0.650. The Morgan fingerprint density at radius 3 is 2.27 bits per heavy atom. The molecule has 0 atom stereocenters. The van der Waals surface area contributed by atoms with Gasteiger partial charge in [0.2, 0.25) is 0 Å².